The van der Waals surface area contributed by atoms with Crippen LogP contribution in [0.5, 0.6) is 0 Å². The first-order valence-corrected chi connectivity index (χ1v) is 5.99. The molecular weight excluding hydrogens is 174 g/mol. The van der Waals surface area contributed by atoms with E-state index >= 15 is 0 Å². The van der Waals surface area contributed by atoms with Gasteiger partial charge in [0.25, 0.3) is 0 Å². The van der Waals surface area contributed by atoms with Gasteiger partial charge in [-0.05, 0) is 38.6 Å². The lowest BCUT2D eigenvalue weighted by atomic mass is 9.76. The molecule has 0 spiro atoms. The fraction of sp³-hybridized carbons (Fsp3) is 1.00. The zero-order chi connectivity index (χ0) is 10.6. The average molecular weight is 199 g/mol. The van der Waals surface area contributed by atoms with Crippen molar-refractivity contribution in [2.75, 3.05) is 13.7 Å². The van der Waals surface area contributed by atoms with Crippen LogP contribution in [0.2, 0.25) is 0 Å². The quantitative estimate of drug-likeness (QED) is 0.709. The monoisotopic (exact) mass is 199 g/mol. The lowest BCUT2D eigenvalue weighted by Crippen LogP contribution is -2.49. The highest BCUT2D eigenvalue weighted by Crippen LogP contribution is 2.33. The molecule has 2 heteroatoms. The molecule has 1 aliphatic carbocycles. The molecule has 2 unspecified atom stereocenters. The molecule has 1 fully saturated rings. The molecule has 1 saturated carbocycles. The summed E-state index contributed by atoms with van der Waals surface area (Å²) in [4.78, 5) is 0. The second-order valence-corrected chi connectivity index (χ2v) is 4.67. The first-order chi connectivity index (χ1) is 6.70. The Bertz CT molecular complexity index is 154. The summed E-state index contributed by atoms with van der Waals surface area (Å²) < 4.78 is 5.85. The van der Waals surface area contributed by atoms with Gasteiger partial charge in [-0.2, -0.15) is 0 Å². The third-order valence-electron chi connectivity index (χ3n) is 3.36. The fourth-order valence-electron chi connectivity index (χ4n) is 2.37. The van der Waals surface area contributed by atoms with Crippen molar-refractivity contribution in [3.63, 3.8) is 0 Å². The summed E-state index contributed by atoms with van der Waals surface area (Å²) in [6.45, 7) is 7.42. The highest BCUT2D eigenvalue weighted by Gasteiger charge is 2.33. The lowest BCUT2D eigenvalue weighted by Gasteiger charge is -2.39. The van der Waals surface area contributed by atoms with E-state index in [0.717, 1.165) is 12.5 Å². The van der Waals surface area contributed by atoms with Gasteiger partial charge in [0.2, 0.25) is 0 Å². The van der Waals surface area contributed by atoms with Gasteiger partial charge < -0.3 is 10.1 Å². The molecule has 0 heterocycles. The van der Waals surface area contributed by atoms with E-state index in [2.05, 4.69) is 33.1 Å². The van der Waals surface area contributed by atoms with Crippen LogP contribution < -0.4 is 5.32 Å². The van der Waals surface area contributed by atoms with E-state index in [0.29, 0.717) is 18.1 Å². The zero-order valence-corrected chi connectivity index (χ0v) is 10.0. The smallest absolute Gasteiger partial charge is 0.0753 e. The number of ether oxygens (including phenoxy) is 1. The van der Waals surface area contributed by atoms with E-state index in [4.69, 9.17) is 4.74 Å². The van der Waals surface area contributed by atoms with Gasteiger partial charge in [-0.3, -0.25) is 0 Å². The molecule has 1 aliphatic rings. The highest BCUT2D eigenvalue weighted by molar-refractivity contribution is 4.89. The molecule has 1 N–H and O–H groups in total. The maximum Gasteiger partial charge on any atom is 0.0753 e. The van der Waals surface area contributed by atoms with Crippen LogP contribution in [-0.4, -0.2) is 25.8 Å². The average Bonchev–Trinajstić information content (AvgIpc) is 2.07. The molecule has 0 amide bonds. The minimum Gasteiger partial charge on any atom is -0.377 e. The van der Waals surface area contributed by atoms with Gasteiger partial charge in [-0.15, -0.1) is 0 Å². The van der Waals surface area contributed by atoms with Crippen molar-refractivity contribution in [1.82, 2.24) is 5.32 Å². The Morgan fingerprint density at radius 3 is 2.29 bits per heavy atom. The zero-order valence-electron chi connectivity index (χ0n) is 10.0. The molecule has 0 saturated heterocycles. The van der Waals surface area contributed by atoms with E-state index in [1.165, 1.54) is 19.3 Å². The Kier molecular flexibility index (Phi) is 4.90. The van der Waals surface area contributed by atoms with Crippen LogP contribution in [-0.2, 0) is 4.74 Å². The maximum absolute atomic E-state index is 5.85. The minimum atomic E-state index is 0.385. The topological polar surface area (TPSA) is 21.3 Å². The van der Waals surface area contributed by atoms with Crippen molar-refractivity contribution >= 4 is 0 Å². The molecule has 2 nitrogen and oxygen atoms in total. The van der Waals surface area contributed by atoms with Gasteiger partial charge in [0.15, 0.2) is 0 Å². The summed E-state index contributed by atoms with van der Waals surface area (Å²) in [5.74, 6) is 1.45. The number of likely N-dealkylation sites (N-methyl/N-ethyl adjacent to an activating group) is 1. The Hall–Kier alpha value is -0.0800. The van der Waals surface area contributed by atoms with Crippen molar-refractivity contribution in [2.24, 2.45) is 11.8 Å². The molecule has 14 heavy (non-hydrogen) atoms. The van der Waals surface area contributed by atoms with Gasteiger partial charge >= 0.3 is 0 Å². The van der Waals surface area contributed by atoms with E-state index in [9.17, 15) is 0 Å². The standard InChI is InChI=1S/C12H25NO/c1-5-14-12(9(2)3)11(13-4)10-7-6-8-10/h9-13H,5-8H2,1-4H3. The molecule has 0 aliphatic heterocycles. The van der Waals surface area contributed by atoms with Crippen molar-refractivity contribution in [2.45, 2.75) is 52.2 Å². The normalized spacial score (nSPS) is 22.1. The summed E-state index contributed by atoms with van der Waals surface area (Å²) in [6.07, 6.45) is 4.54. The van der Waals surface area contributed by atoms with E-state index in [-0.39, 0.29) is 0 Å². The van der Waals surface area contributed by atoms with Crippen LogP contribution in [0.3, 0.4) is 0 Å². The molecule has 0 radical (unpaired) electrons. The molecule has 0 aromatic carbocycles. The van der Waals surface area contributed by atoms with Crippen LogP contribution in [0.25, 0.3) is 0 Å². The van der Waals surface area contributed by atoms with Crippen molar-refractivity contribution in [3.8, 4) is 0 Å². The predicted molar refractivity (Wildman–Crippen MR) is 60.4 cm³/mol. The summed E-state index contributed by atoms with van der Waals surface area (Å²) in [6, 6.07) is 0.559. The van der Waals surface area contributed by atoms with E-state index in [1.807, 2.05) is 0 Å². The third kappa shape index (κ3) is 2.71. The number of hydrogen-bond acceptors (Lipinski definition) is 2. The second kappa shape index (κ2) is 5.72. The minimum absolute atomic E-state index is 0.385. The molecule has 1 rings (SSSR count). The summed E-state index contributed by atoms with van der Waals surface area (Å²) >= 11 is 0. The number of rotatable bonds is 6. The summed E-state index contributed by atoms with van der Waals surface area (Å²) in [5, 5.41) is 3.45. The van der Waals surface area contributed by atoms with Gasteiger partial charge in [0.1, 0.15) is 0 Å². The molecule has 2 atom stereocenters. The number of hydrogen-bond donors (Lipinski definition) is 1. The molecule has 84 valence electrons. The van der Waals surface area contributed by atoms with Gasteiger partial charge in [-0.25, -0.2) is 0 Å². The van der Waals surface area contributed by atoms with Gasteiger partial charge in [0, 0.05) is 12.6 Å². The number of nitrogens with one attached hydrogen (secondary N) is 1. The predicted octanol–water partition coefficient (Wildman–Crippen LogP) is 2.44. The van der Waals surface area contributed by atoms with Crippen LogP contribution in [0.15, 0.2) is 0 Å². The molecule has 0 aromatic heterocycles. The first-order valence-electron chi connectivity index (χ1n) is 5.99. The van der Waals surface area contributed by atoms with Crippen LogP contribution in [0, 0.1) is 11.8 Å². The van der Waals surface area contributed by atoms with E-state index < -0.39 is 0 Å². The van der Waals surface area contributed by atoms with Crippen molar-refractivity contribution < 1.29 is 4.74 Å². The van der Waals surface area contributed by atoms with E-state index in [1.54, 1.807) is 0 Å². The lowest BCUT2D eigenvalue weighted by molar-refractivity contribution is -0.0208. The third-order valence-corrected chi connectivity index (χ3v) is 3.36. The Morgan fingerprint density at radius 1 is 1.36 bits per heavy atom. The Morgan fingerprint density at radius 2 is 2.00 bits per heavy atom. The van der Waals surface area contributed by atoms with Crippen LogP contribution >= 0.6 is 0 Å². The molecule has 0 aromatic rings. The SMILES string of the molecule is CCOC(C(C)C)C(NC)C1CCC1. The first kappa shape index (κ1) is 12.0. The largest absolute Gasteiger partial charge is 0.377 e. The molecular formula is C12H25NO. The summed E-state index contributed by atoms with van der Waals surface area (Å²) in [5.41, 5.74) is 0. The highest BCUT2D eigenvalue weighted by atomic mass is 16.5. The maximum atomic E-state index is 5.85. The Labute approximate surface area is 88.4 Å². The Balaban J connectivity index is 2.52. The van der Waals surface area contributed by atoms with Crippen LogP contribution in [0.1, 0.15) is 40.0 Å². The van der Waals surface area contributed by atoms with Crippen molar-refractivity contribution in [1.29, 1.82) is 0 Å². The van der Waals surface area contributed by atoms with Gasteiger partial charge in [0.05, 0.1) is 6.10 Å². The summed E-state index contributed by atoms with van der Waals surface area (Å²) in [7, 11) is 2.07. The van der Waals surface area contributed by atoms with Gasteiger partial charge in [-0.1, -0.05) is 20.3 Å². The van der Waals surface area contributed by atoms with Crippen LogP contribution in [0.4, 0.5) is 0 Å². The second-order valence-electron chi connectivity index (χ2n) is 4.67. The molecule has 0 bridgehead atoms. The van der Waals surface area contributed by atoms with Crippen molar-refractivity contribution in [3.05, 3.63) is 0 Å². The fourth-order valence-corrected chi connectivity index (χ4v) is 2.37.